The lowest BCUT2D eigenvalue weighted by Crippen LogP contribution is -2.13. The normalized spacial score (nSPS) is 13.1. The first-order valence-electron chi connectivity index (χ1n) is 28.8. The van der Waals surface area contributed by atoms with Crippen molar-refractivity contribution < 1.29 is 23.0 Å². The zero-order valence-electron chi connectivity index (χ0n) is 43.6. The maximum Gasteiger partial charge on any atom is 0.397 e. The highest BCUT2D eigenvalue weighted by Crippen LogP contribution is 2.41. The molecule has 0 N–H and O–H groups in total. The van der Waals surface area contributed by atoms with E-state index in [1.807, 2.05) is 30.3 Å². The number of benzene rings is 1. The lowest BCUT2D eigenvalue weighted by molar-refractivity contribution is 0.0368. The van der Waals surface area contributed by atoms with Crippen molar-refractivity contribution in [3.8, 4) is 5.75 Å². The highest BCUT2D eigenvalue weighted by atomic mass is 31.2. The fourth-order valence-corrected chi connectivity index (χ4v) is 9.98. The predicted octanol–water partition coefficient (Wildman–Crippen LogP) is 20.6. The van der Waals surface area contributed by atoms with Gasteiger partial charge in [0.25, 0.3) is 0 Å². The molecule has 0 aromatic heterocycles. The Morgan fingerprint density at radius 2 is 0.609 bits per heavy atom. The SMILES string of the molecule is CCCCCCCCCCCCCOC(CCC)CCCCCCCCCOP(OCCCCCCCCCC(CCC)OCCCCCCCCCCCCC)Oc1ccccc1. The average Bonchev–Trinajstić information content (AvgIpc) is 3.30. The van der Waals surface area contributed by atoms with Crippen LogP contribution in [-0.2, 0) is 18.5 Å². The Bertz CT molecular complexity index is 938. The number of rotatable bonds is 54. The highest BCUT2D eigenvalue weighted by Gasteiger charge is 2.15. The fraction of sp³-hybridized carbons (Fsp3) is 0.897. The fourth-order valence-electron chi connectivity index (χ4n) is 8.95. The molecule has 0 aliphatic carbocycles. The molecule has 0 bridgehead atoms. The van der Waals surface area contributed by atoms with Crippen molar-refractivity contribution >= 4 is 8.60 Å². The van der Waals surface area contributed by atoms with E-state index in [1.165, 1.54) is 257 Å². The van der Waals surface area contributed by atoms with Gasteiger partial charge in [0.2, 0.25) is 0 Å². The molecule has 0 aliphatic heterocycles. The monoisotopic (exact) mass is 919 g/mol. The van der Waals surface area contributed by atoms with E-state index in [0.717, 1.165) is 31.8 Å². The van der Waals surface area contributed by atoms with Gasteiger partial charge in [-0.1, -0.05) is 264 Å². The molecule has 1 aromatic carbocycles. The number of hydrogen-bond acceptors (Lipinski definition) is 5. The molecular weight excluding hydrogens is 808 g/mol. The first-order chi connectivity index (χ1) is 31.7. The van der Waals surface area contributed by atoms with Gasteiger partial charge in [-0.25, -0.2) is 0 Å². The summed E-state index contributed by atoms with van der Waals surface area (Å²) in [6.45, 7) is 12.5. The van der Waals surface area contributed by atoms with Crippen molar-refractivity contribution in [2.24, 2.45) is 0 Å². The van der Waals surface area contributed by atoms with E-state index in [2.05, 4.69) is 27.7 Å². The Kier molecular flexibility index (Phi) is 49.5. The summed E-state index contributed by atoms with van der Waals surface area (Å²) in [7, 11) is -1.37. The molecule has 2 atom stereocenters. The molecule has 0 saturated carbocycles. The predicted molar refractivity (Wildman–Crippen MR) is 282 cm³/mol. The summed E-state index contributed by atoms with van der Waals surface area (Å²) in [5, 5.41) is 0. The third-order valence-corrected chi connectivity index (χ3v) is 14.2. The van der Waals surface area contributed by atoms with Crippen LogP contribution in [0, 0.1) is 0 Å². The summed E-state index contributed by atoms with van der Waals surface area (Å²) >= 11 is 0. The van der Waals surface area contributed by atoms with Gasteiger partial charge in [0.1, 0.15) is 5.75 Å². The Morgan fingerprint density at radius 3 is 0.938 bits per heavy atom. The summed E-state index contributed by atoms with van der Waals surface area (Å²) in [6, 6.07) is 10.0. The van der Waals surface area contributed by atoms with Gasteiger partial charge in [0.05, 0.1) is 25.4 Å². The second-order valence-corrected chi connectivity index (χ2v) is 20.6. The molecule has 2 unspecified atom stereocenters. The molecule has 0 saturated heterocycles. The van der Waals surface area contributed by atoms with E-state index in [9.17, 15) is 0 Å². The van der Waals surface area contributed by atoms with Crippen LogP contribution in [0.3, 0.4) is 0 Å². The van der Waals surface area contributed by atoms with E-state index in [4.69, 9.17) is 23.0 Å². The Labute approximate surface area is 402 Å². The Morgan fingerprint density at radius 1 is 0.312 bits per heavy atom. The summed E-state index contributed by atoms with van der Waals surface area (Å²) in [4.78, 5) is 0. The second-order valence-electron chi connectivity index (χ2n) is 19.5. The van der Waals surface area contributed by atoms with Crippen LogP contribution in [0.2, 0.25) is 0 Å². The molecule has 0 fully saturated rings. The van der Waals surface area contributed by atoms with Gasteiger partial charge in [-0.2, -0.15) is 0 Å². The number of hydrogen-bond donors (Lipinski definition) is 0. The maximum absolute atomic E-state index is 6.35. The van der Waals surface area contributed by atoms with Crippen LogP contribution in [0.25, 0.3) is 0 Å². The van der Waals surface area contributed by atoms with Crippen molar-refractivity contribution in [2.45, 2.75) is 310 Å². The van der Waals surface area contributed by atoms with Crippen LogP contribution in [0.1, 0.15) is 297 Å². The van der Waals surface area contributed by atoms with Gasteiger partial charge in [-0.15, -0.1) is 0 Å². The van der Waals surface area contributed by atoms with Crippen LogP contribution in [0.5, 0.6) is 5.75 Å². The molecule has 1 aromatic rings. The largest absolute Gasteiger partial charge is 0.427 e. The summed E-state index contributed by atoms with van der Waals surface area (Å²) in [5.41, 5.74) is 0. The van der Waals surface area contributed by atoms with Crippen molar-refractivity contribution in [2.75, 3.05) is 26.4 Å². The summed E-state index contributed by atoms with van der Waals surface area (Å²) in [6.07, 6.45) is 56.6. The van der Waals surface area contributed by atoms with Crippen LogP contribution in [-0.4, -0.2) is 38.6 Å². The minimum absolute atomic E-state index is 0.471. The van der Waals surface area contributed by atoms with E-state index < -0.39 is 8.60 Å². The van der Waals surface area contributed by atoms with Crippen molar-refractivity contribution in [3.63, 3.8) is 0 Å². The van der Waals surface area contributed by atoms with Crippen LogP contribution >= 0.6 is 8.60 Å². The molecule has 6 heteroatoms. The van der Waals surface area contributed by atoms with E-state index in [1.54, 1.807) is 0 Å². The van der Waals surface area contributed by atoms with Gasteiger partial charge in [-0.05, 0) is 63.5 Å². The smallest absolute Gasteiger partial charge is 0.397 e. The van der Waals surface area contributed by atoms with Crippen LogP contribution in [0.15, 0.2) is 30.3 Å². The summed E-state index contributed by atoms with van der Waals surface area (Å²) < 4.78 is 31.3. The van der Waals surface area contributed by atoms with E-state index in [-0.39, 0.29) is 0 Å². The molecular formula is C58H111O5P. The van der Waals surface area contributed by atoms with Crippen LogP contribution < -0.4 is 4.52 Å². The van der Waals surface area contributed by atoms with Crippen LogP contribution in [0.4, 0.5) is 0 Å². The number of para-hydroxylation sites is 1. The zero-order chi connectivity index (χ0) is 45.9. The van der Waals surface area contributed by atoms with Gasteiger partial charge in [-0.3, -0.25) is 0 Å². The number of unbranched alkanes of at least 4 members (excludes halogenated alkanes) is 32. The third kappa shape index (κ3) is 43.8. The summed E-state index contributed by atoms with van der Waals surface area (Å²) in [5.74, 6) is 0.829. The molecule has 0 radical (unpaired) electrons. The van der Waals surface area contributed by atoms with Crippen molar-refractivity contribution in [1.82, 2.24) is 0 Å². The quantitative estimate of drug-likeness (QED) is 0.0481. The van der Waals surface area contributed by atoms with Gasteiger partial charge in [0.15, 0.2) is 0 Å². The van der Waals surface area contributed by atoms with Gasteiger partial charge < -0.3 is 23.0 Å². The molecule has 0 spiro atoms. The first-order valence-corrected chi connectivity index (χ1v) is 29.8. The molecule has 5 nitrogen and oxygen atoms in total. The minimum atomic E-state index is -1.37. The molecule has 0 heterocycles. The zero-order valence-corrected chi connectivity index (χ0v) is 44.5. The van der Waals surface area contributed by atoms with Gasteiger partial charge >= 0.3 is 8.60 Å². The lowest BCUT2D eigenvalue weighted by atomic mass is 10.0. The van der Waals surface area contributed by atoms with E-state index >= 15 is 0 Å². The molecule has 64 heavy (non-hydrogen) atoms. The van der Waals surface area contributed by atoms with Crippen molar-refractivity contribution in [3.05, 3.63) is 30.3 Å². The van der Waals surface area contributed by atoms with Crippen molar-refractivity contribution in [1.29, 1.82) is 0 Å². The highest BCUT2D eigenvalue weighted by molar-refractivity contribution is 7.42. The maximum atomic E-state index is 6.35. The molecule has 378 valence electrons. The molecule has 0 amide bonds. The first kappa shape index (κ1) is 61.3. The minimum Gasteiger partial charge on any atom is -0.427 e. The third-order valence-electron chi connectivity index (χ3n) is 13.1. The topological polar surface area (TPSA) is 46.2 Å². The lowest BCUT2D eigenvalue weighted by Gasteiger charge is -2.18. The standard InChI is InChI=1S/C58H111O5P/c1-5-9-11-13-15-17-19-21-27-33-42-52-59-56(46-7-3)48-38-31-25-23-29-35-44-54-61-64(63-58-50-40-37-41-51-58)62-55-45-36-30-24-26-32-39-49-57(47-8-4)60-53-43-34-28-22-20-18-16-14-12-10-6-2/h37,40-41,50-51,56-57H,5-36,38-39,42-49,52-55H2,1-4H3. The molecule has 1 rings (SSSR count). The Balaban J connectivity index is 2.07. The second kappa shape index (κ2) is 51.7. The molecule has 0 aliphatic rings. The average molecular weight is 919 g/mol. The van der Waals surface area contributed by atoms with E-state index in [0.29, 0.717) is 25.4 Å². The number of ether oxygens (including phenoxy) is 2. The van der Waals surface area contributed by atoms with Gasteiger partial charge in [0, 0.05) is 13.2 Å². The Hall–Kier alpha value is -0.710.